The predicted octanol–water partition coefficient (Wildman–Crippen LogP) is -1.16. The largest absolute Gasteiger partial charge is 0.540 e. The third-order valence-corrected chi connectivity index (χ3v) is 4.37. The fourth-order valence-corrected chi connectivity index (χ4v) is 3.09. The zero-order chi connectivity index (χ0) is 15.6. The minimum absolute atomic E-state index is 0.339. The first-order valence-electron chi connectivity index (χ1n) is 7.32. The smallest absolute Gasteiger partial charge is 0.269 e. The van der Waals surface area contributed by atoms with Crippen molar-refractivity contribution in [2.45, 2.75) is 26.8 Å². The molecule has 1 heterocycles. The van der Waals surface area contributed by atoms with Crippen molar-refractivity contribution in [3.63, 3.8) is 0 Å². The summed E-state index contributed by atoms with van der Waals surface area (Å²) in [5.41, 5.74) is 3.85. The highest BCUT2D eigenvalue weighted by Crippen LogP contribution is 2.16. The van der Waals surface area contributed by atoms with E-state index >= 15 is 0 Å². The van der Waals surface area contributed by atoms with Crippen LogP contribution < -0.4 is 10.0 Å². The van der Waals surface area contributed by atoms with Crippen LogP contribution in [0.1, 0.15) is 29.7 Å². The molecule has 0 saturated carbocycles. The van der Waals surface area contributed by atoms with Crippen LogP contribution >= 0.6 is 0 Å². The van der Waals surface area contributed by atoms with E-state index in [1.807, 2.05) is 0 Å². The first kappa shape index (κ1) is 15.5. The molecule has 0 spiro atoms. The van der Waals surface area contributed by atoms with E-state index in [-0.39, 0.29) is 0 Å². The number of hydrogen-bond donors (Lipinski definition) is 1. The van der Waals surface area contributed by atoms with Crippen LogP contribution in [0.25, 0.3) is 0 Å². The molecular weight excluding hydrogens is 268 g/mol. The lowest BCUT2D eigenvalue weighted by Gasteiger charge is -2.36. The number of hydrogen-bond acceptors (Lipinski definition) is 3. The minimum atomic E-state index is -1.61. The molecule has 21 heavy (non-hydrogen) atoms. The van der Waals surface area contributed by atoms with Gasteiger partial charge in [0, 0.05) is 5.56 Å². The quantitative estimate of drug-likeness (QED) is 0.699. The van der Waals surface area contributed by atoms with Gasteiger partial charge in [0.15, 0.2) is 0 Å². The van der Waals surface area contributed by atoms with E-state index in [0.717, 1.165) is 13.1 Å². The highest BCUT2D eigenvalue weighted by Gasteiger charge is 2.28. The molecule has 1 aliphatic rings. The highest BCUT2D eigenvalue weighted by atomic mass is 16.4. The average Bonchev–Trinajstić information content (AvgIpc) is 2.46. The van der Waals surface area contributed by atoms with Crippen molar-refractivity contribution < 1.29 is 19.6 Å². The molecular formula is C16H22N2O3. The zero-order valence-corrected chi connectivity index (χ0v) is 12.8. The first-order valence-corrected chi connectivity index (χ1v) is 7.32. The number of carboxylic acids is 1. The average molecular weight is 290 g/mol. The summed E-state index contributed by atoms with van der Waals surface area (Å²) in [6.45, 7) is 8.84. The summed E-state index contributed by atoms with van der Waals surface area (Å²) < 4.78 is 0. The molecule has 0 aliphatic carbocycles. The number of aliphatic carboxylic acids is 1. The van der Waals surface area contributed by atoms with Gasteiger partial charge in [-0.25, -0.2) is 0 Å². The monoisotopic (exact) mass is 290 g/mol. The van der Waals surface area contributed by atoms with Gasteiger partial charge in [0.25, 0.3) is 5.91 Å². The first-order chi connectivity index (χ1) is 9.90. The fourth-order valence-electron chi connectivity index (χ4n) is 3.09. The molecule has 1 aliphatic heterocycles. The molecule has 114 valence electrons. The van der Waals surface area contributed by atoms with Gasteiger partial charge in [0.1, 0.15) is 12.0 Å². The number of amides is 1. The standard InChI is InChI=1S/C16H22N2O3/c1-11-4-5-14(12(2)10-11)13(3)17-6-8-18(9-7-17)15(19)16(20)21/h4-5,10,13H,6-9H2,1-3H3,(H,20,21)/t13-/m0/s1. The van der Waals surface area contributed by atoms with Crippen LogP contribution in [0, 0.1) is 13.8 Å². The zero-order valence-electron chi connectivity index (χ0n) is 12.8. The van der Waals surface area contributed by atoms with Crippen LogP contribution in [-0.2, 0) is 9.59 Å². The van der Waals surface area contributed by atoms with Crippen LogP contribution in [-0.4, -0.2) is 43.0 Å². The van der Waals surface area contributed by atoms with E-state index in [4.69, 9.17) is 0 Å². The third-order valence-electron chi connectivity index (χ3n) is 4.37. The summed E-state index contributed by atoms with van der Waals surface area (Å²) in [5.74, 6) is -2.51. The van der Waals surface area contributed by atoms with Crippen molar-refractivity contribution in [3.8, 4) is 0 Å². The van der Waals surface area contributed by atoms with Crippen molar-refractivity contribution in [3.05, 3.63) is 34.9 Å². The molecule has 0 unspecified atom stereocenters. The number of piperazine rings is 1. The van der Waals surface area contributed by atoms with E-state index in [2.05, 4.69) is 39.0 Å². The Morgan fingerprint density at radius 2 is 1.86 bits per heavy atom. The number of benzene rings is 1. The maximum atomic E-state index is 11.4. The molecule has 0 bridgehead atoms. The number of nitrogens with zero attached hydrogens (tertiary/aromatic N) is 1. The van der Waals surface area contributed by atoms with Gasteiger partial charge in [0.05, 0.1) is 26.2 Å². The fraction of sp³-hybridized carbons (Fsp3) is 0.500. The molecule has 0 aromatic heterocycles. The van der Waals surface area contributed by atoms with E-state index in [9.17, 15) is 14.7 Å². The summed E-state index contributed by atoms with van der Waals surface area (Å²) >= 11 is 0. The van der Waals surface area contributed by atoms with Gasteiger partial charge in [-0.2, -0.15) is 0 Å². The van der Waals surface area contributed by atoms with Gasteiger partial charge >= 0.3 is 0 Å². The second kappa shape index (κ2) is 6.26. The normalized spacial score (nSPS) is 17.6. The molecule has 5 nitrogen and oxygen atoms in total. The number of carboxylic acid groups (broad SMARTS) is 1. The molecule has 2 rings (SSSR count). The van der Waals surface area contributed by atoms with Gasteiger partial charge in [-0.1, -0.05) is 23.8 Å². The predicted molar refractivity (Wildman–Crippen MR) is 76.6 cm³/mol. The maximum absolute atomic E-state index is 11.4. The molecule has 1 aromatic carbocycles. The molecule has 1 fully saturated rings. The van der Waals surface area contributed by atoms with Crippen LogP contribution in [0.4, 0.5) is 0 Å². The Hall–Kier alpha value is -1.88. The molecule has 1 aromatic rings. The van der Waals surface area contributed by atoms with Crippen molar-refractivity contribution in [1.82, 2.24) is 4.90 Å². The summed E-state index contributed by atoms with van der Waals surface area (Å²) in [4.78, 5) is 24.7. The van der Waals surface area contributed by atoms with Crippen molar-refractivity contribution in [2.24, 2.45) is 0 Å². The van der Waals surface area contributed by atoms with E-state index in [1.54, 1.807) is 0 Å². The lowest BCUT2D eigenvalue weighted by atomic mass is 9.99. The maximum Gasteiger partial charge on any atom is 0.269 e. The van der Waals surface area contributed by atoms with Gasteiger partial charge in [-0.05, 0) is 26.3 Å². The van der Waals surface area contributed by atoms with Gasteiger partial charge < -0.3 is 19.7 Å². The Kier molecular flexibility index (Phi) is 4.63. The number of carbonyl (C=O) groups excluding carboxylic acids is 2. The van der Waals surface area contributed by atoms with Crippen molar-refractivity contribution in [2.75, 3.05) is 26.2 Å². The van der Waals surface area contributed by atoms with Crippen LogP contribution in [0.3, 0.4) is 0 Å². The number of carbonyl (C=O) groups is 2. The summed E-state index contributed by atoms with van der Waals surface area (Å²) in [7, 11) is 0. The Morgan fingerprint density at radius 3 is 2.38 bits per heavy atom. The minimum Gasteiger partial charge on any atom is -0.540 e. The lowest BCUT2D eigenvalue weighted by molar-refractivity contribution is -0.933. The Balaban J connectivity index is 2.01. The lowest BCUT2D eigenvalue weighted by Crippen LogP contribution is -3.14. The van der Waals surface area contributed by atoms with E-state index in [0.29, 0.717) is 19.1 Å². The number of nitrogens with one attached hydrogen (secondary N) is 1. The topological polar surface area (TPSA) is 64.9 Å². The second-order valence-electron chi connectivity index (χ2n) is 5.82. The highest BCUT2D eigenvalue weighted by molar-refractivity contribution is 6.30. The van der Waals surface area contributed by atoms with Crippen LogP contribution in [0.5, 0.6) is 0 Å². The summed E-state index contributed by atoms with van der Waals surface area (Å²) in [6, 6.07) is 6.81. The number of aryl methyl sites for hydroxylation is 2. The van der Waals surface area contributed by atoms with E-state index < -0.39 is 11.9 Å². The number of quaternary nitrogens is 1. The molecule has 1 saturated heterocycles. The molecule has 1 amide bonds. The summed E-state index contributed by atoms with van der Waals surface area (Å²) in [5, 5.41) is 10.6. The Labute approximate surface area is 125 Å². The number of rotatable bonds is 2. The van der Waals surface area contributed by atoms with Gasteiger partial charge in [-0.3, -0.25) is 4.79 Å². The summed E-state index contributed by atoms with van der Waals surface area (Å²) in [6.07, 6.45) is 0. The van der Waals surface area contributed by atoms with Crippen molar-refractivity contribution in [1.29, 1.82) is 0 Å². The van der Waals surface area contributed by atoms with Crippen molar-refractivity contribution >= 4 is 11.9 Å². The molecule has 1 N–H and O–H groups in total. The SMILES string of the molecule is Cc1ccc([C@H](C)[NH+]2CCN(C(=O)C(=O)[O-])CC2)c(C)c1. The third kappa shape index (κ3) is 3.42. The van der Waals surface area contributed by atoms with Crippen LogP contribution in [0.2, 0.25) is 0 Å². The molecule has 1 atom stereocenters. The Bertz CT molecular complexity index is 548. The Morgan fingerprint density at radius 1 is 1.24 bits per heavy atom. The molecule has 5 heteroatoms. The van der Waals surface area contributed by atoms with Gasteiger partial charge in [-0.15, -0.1) is 0 Å². The van der Waals surface area contributed by atoms with E-state index in [1.165, 1.54) is 26.5 Å². The van der Waals surface area contributed by atoms with Gasteiger partial charge in [0.2, 0.25) is 0 Å². The molecule has 0 radical (unpaired) electrons. The second-order valence-corrected chi connectivity index (χ2v) is 5.82. The van der Waals surface area contributed by atoms with Crippen LogP contribution in [0.15, 0.2) is 18.2 Å².